The van der Waals surface area contributed by atoms with E-state index in [4.69, 9.17) is 9.47 Å². The van der Waals surface area contributed by atoms with Crippen molar-refractivity contribution in [3.8, 4) is 5.75 Å². The highest BCUT2D eigenvalue weighted by atomic mass is 127. The predicted octanol–water partition coefficient (Wildman–Crippen LogP) is 4.51. The first kappa shape index (κ1) is 22.6. The van der Waals surface area contributed by atoms with Crippen LogP contribution < -0.4 is 10.1 Å². The number of piperidine rings is 1. The van der Waals surface area contributed by atoms with Crippen molar-refractivity contribution in [3.63, 3.8) is 0 Å². The first-order chi connectivity index (χ1) is 12.2. The number of hydrogen-bond donors (Lipinski definition) is 1. The Morgan fingerprint density at radius 1 is 1.08 bits per heavy atom. The van der Waals surface area contributed by atoms with E-state index in [1.807, 2.05) is 26.0 Å². The number of benzene rings is 1. The first-order valence-corrected chi connectivity index (χ1v) is 11.7. The quantitative estimate of drug-likeness (QED) is 0.270. The molecule has 0 saturated carbocycles. The molecule has 1 N–H and O–H groups in total. The maximum atomic E-state index is 12.2. The smallest absolute Gasteiger partial charge is 0.311 e. The minimum atomic E-state index is -0.510. The summed E-state index contributed by atoms with van der Waals surface area (Å²) < 4.78 is 14.0. The maximum absolute atomic E-state index is 12.2. The van der Waals surface area contributed by atoms with Crippen LogP contribution in [-0.2, 0) is 14.3 Å². The SMILES string of the molecule is CC(C)(OC(=O)CCC(=O)Oc1c(I)cc(I)cc1I)C1CCNCC1. The van der Waals surface area contributed by atoms with Crippen molar-refractivity contribution in [2.45, 2.75) is 45.1 Å². The summed E-state index contributed by atoms with van der Waals surface area (Å²) in [5, 5.41) is 3.31. The van der Waals surface area contributed by atoms with Crippen molar-refractivity contribution < 1.29 is 19.1 Å². The van der Waals surface area contributed by atoms with Crippen LogP contribution in [-0.4, -0.2) is 30.6 Å². The molecular weight excluding hydrogens is 675 g/mol. The van der Waals surface area contributed by atoms with Crippen LogP contribution in [0.25, 0.3) is 0 Å². The van der Waals surface area contributed by atoms with Gasteiger partial charge >= 0.3 is 11.9 Å². The Morgan fingerprint density at radius 2 is 1.62 bits per heavy atom. The molecule has 144 valence electrons. The van der Waals surface area contributed by atoms with Gasteiger partial charge < -0.3 is 14.8 Å². The molecule has 8 heteroatoms. The fourth-order valence-corrected chi connectivity index (χ4v) is 6.74. The molecule has 0 aromatic heterocycles. The van der Waals surface area contributed by atoms with Gasteiger partial charge in [0.15, 0.2) is 5.75 Å². The molecule has 0 atom stereocenters. The number of carbonyl (C=O) groups is 2. The molecular formula is C18H22I3NO4. The topological polar surface area (TPSA) is 64.6 Å². The average Bonchev–Trinajstić information content (AvgIpc) is 2.56. The highest BCUT2D eigenvalue weighted by molar-refractivity contribution is 14.1. The summed E-state index contributed by atoms with van der Waals surface area (Å²) in [4.78, 5) is 24.3. The van der Waals surface area contributed by atoms with E-state index in [0.29, 0.717) is 11.7 Å². The zero-order chi connectivity index (χ0) is 19.3. The van der Waals surface area contributed by atoms with E-state index in [0.717, 1.165) is 36.6 Å². The predicted molar refractivity (Wildman–Crippen MR) is 125 cm³/mol. The molecule has 1 aliphatic heterocycles. The minimum Gasteiger partial charge on any atom is -0.459 e. The number of rotatable bonds is 6. The van der Waals surface area contributed by atoms with Crippen LogP contribution in [0.15, 0.2) is 12.1 Å². The van der Waals surface area contributed by atoms with Gasteiger partial charge in [-0.15, -0.1) is 0 Å². The van der Waals surface area contributed by atoms with E-state index in [2.05, 4.69) is 73.1 Å². The van der Waals surface area contributed by atoms with Crippen LogP contribution in [0.1, 0.15) is 39.5 Å². The van der Waals surface area contributed by atoms with E-state index < -0.39 is 11.6 Å². The Balaban J connectivity index is 1.84. The standard InChI is InChI=1S/C18H22I3NO4/c1-18(2,11-5-7-22-8-6-11)26-16(24)4-3-15(23)25-17-13(20)9-12(19)10-14(17)21/h9-11,22H,3-8H2,1-2H3. The molecule has 5 nitrogen and oxygen atoms in total. The van der Waals surface area contributed by atoms with Crippen molar-refractivity contribution in [3.05, 3.63) is 22.8 Å². The van der Waals surface area contributed by atoms with Crippen LogP contribution in [0.4, 0.5) is 0 Å². The highest BCUT2D eigenvalue weighted by Gasteiger charge is 2.34. The van der Waals surface area contributed by atoms with Gasteiger partial charge in [-0.25, -0.2) is 0 Å². The monoisotopic (exact) mass is 697 g/mol. The summed E-state index contributed by atoms with van der Waals surface area (Å²) in [7, 11) is 0. The zero-order valence-corrected chi connectivity index (χ0v) is 21.2. The van der Waals surface area contributed by atoms with Gasteiger partial charge in [0.05, 0.1) is 20.0 Å². The fourth-order valence-electron chi connectivity index (χ4n) is 2.94. The van der Waals surface area contributed by atoms with Crippen molar-refractivity contribution in [2.24, 2.45) is 5.92 Å². The van der Waals surface area contributed by atoms with Crippen molar-refractivity contribution in [2.75, 3.05) is 13.1 Å². The van der Waals surface area contributed by atoms with E-state index in [1.165, 1.54) is 0 Å². The van der Waals surface area contributed by atoms with E-state index in [-0.39, 0.29) is 18.8 Å². The number of nitrogens with one attached hydrogen (secondary N) is 1. The summed E-state index contributed by atoms with van der Waals surface area (Å²) in [5.74, 6) is 0.130. The largest absolute Gasteiger partial charge is 0.459 e. The molecule has 1 aliphatic rings. The van der Waals surface area contributed by atoms with Crippen molar-refractivity contribution in [1.82, 2.24) is 5.32 Å². The lowest BCUT2D eigenvalue weighted by Crippen LogP contribution is -2.42. The summed E-state index contributed by atoms with van der Waals surface area (Å²) in [6, 6.07) is 3.89. The zero-order valence-electron chi connectivity index (χ0n) is 14.7. The van der Waals surface area contributed by atoms with Crippen LogP contribution in [0.2, 0.25) is 0 Å². The van der Waals surface area contributed by atoms with Gasteiger partial charge in [-0.1, -0.05) is 0 Å². The molecule has 0 radical (unpaired) electrons. The highest BCUT2D eigenvalue weighted by Crippen LogP contribution is 2.31. The third kappa shape index (κ3) is 6.73. The van der Waals surface area contributed by atoms with Crippen molar-refractivity contribution in [1.29, 1.82) is 0 Å². The Kier molecular flexibility index (Phi) is 8.86. The second-order valence-corrected chi connectivity index (χ2v) is 10.3. The molecule has 1 aromatic rings. The summed E-state index contributed by atoms with van der Waals surface area (Å²) in [5.41, 5.74) is -0.510. The third-order valence-corrected chi connectivity index (χ3v) is 6.64. The Hall–Kier alpha value is 0.310. The molecule has 1 fully saturated rings. The lowest BCUT2D eigenvalue weighted by atomic mass is 9.83. The summed E-state index contributed by atoms with van der Waals surface area (Å²) in [6.45, 7) is 5.81. The lowest BCUT2D eigenvalue weighted by molar-refractivity contribution is -0.164. The summed E-state index contributed by atoms with van der Waals surface area (Å²) in [6.07, 6.45) is 2.03. The minimum absolute atomic E-state index is 0.0132. The Bertz CT molecular complexity index is 649. The van der Waals surface area contributed by atoms with Gasteiger partial charge in [-0.3, -0.25) is 9.59 Å². The molecule has 26 heavy (non-hydrogen) atoms. The van der Waals surface area contributed by atoms with E-state index >= 15 is 0 Å². The van der Waals surface area contributed by atoms with Crippen LogP contribution >= 0.6 is 67.8 Å². The number of carbonyl (C=O) groups excluding carboxylic acids is 2. The van der Waals surface area contributed by atoms with E-state index in [9.17, 15) is 9.59 Å². The molecule has 0 aliphatic carbocycles. The molecule has 0 unspecified atom stereocenters. The van der Waals surface area contributed by atoms with Gasteiger partial charge in [0.1, 0.15) is 5.60 Å². The lowest BCUT2D eigenvalue weighted by Gasteiger charge is -2.36. The van der Waals surface area contributed by atoms with Crippen LogP contribution in [0.3, 0.4) is 0 Å². The van der Waals surface area contributed by atoms with Gasteiger partial charge in [-0.2, -0.15) is 0 Å². The number of hydrogen-bond acceptors (Lipinski definition) is 5. The molecule has 0 spiro atoms. The molecule has 0 bridgehead atoms. The molecule has 2 rings (SSSR count). The third-order valence-electron chi connectivity index (χ3n) is 4.41. The van der Waals surface area contributed by atoms with Crippen molar-refractivity contribution >= 4 is 79.7 Å². The van der Waals surface area contributed by atoms with Gasteiger partial charge in [0, 0.05) is 9.49 Å². The molecule has 1 saturated heterocycles. The fraction of sp³-hybridized carbons (Fsp3) is 0.556. The Morgan fingerprint density at radius 3 is 2.19 bits per heavy atom. The number of ether oxygens (including phenoxy) is 2. The molecule has 1 heterocycles. The second kappa shape index (κ2) is 10.2. The molecule has 1 aromatic carbocycles. The Labute approximate surface area is 195 Å². The van der Waals surface area contributed by atoms with E-state index in [1.54, 1.807) is 0 Å². The average molecular weight is 697 g/mol. The molecule has 0 amide bonds. The second-order valence-electron chi connectivity index (χ2n) is 6.77. The maximum Gasteiger partial charge on any atom is 0.311 e. The van der Waals surface area contributed by atoms with Crippen LogP contribution in [0, 0.1) is 16.6 Å². The number of halogens is 3. The number of esters is 2. The summed E-state index contributed by atoms with van der Waals surface area (Å²) >= 11 is 6.51. The van der Waals surface area contributed by atoms with Gasteiger partial charge in [0.2, 0.25) is 0 Å². The van der Waals surface area contributed by atoms with Gasteiger partial charge in [0.25, 0.3) is 0 Å². The first-order valence-electron chi connectivity index (χ1n) is 8.47. The van der Waals surface area contributed by atoms with Gasteiger partial charge in [-0.05, 0) is 120 Å². The van der Waals surface area contributed by atoms with Crippen LogP contribution in [0.5, 0.6) is 5.75 Å². The normalized spacial score (nSPS) is 15.6.